The molecule has 3 aliphatic rings. The van der Waals surface area contributed by atoms with Crippen LogP contribution in [0.3, 0.4) is 0 Å². The molecule has 0 bridgehead atoms. The summed E-state index contributed by atoms with van der Waals surface area (Å²) in [6, 6.07) is 7.96. The molecule has 0 spiro atoms. The van der Waals surface area contributed by atoms with Crippen LogP contribution in [0.15, 0.2) is 30.3 Å². The van der Waals surface area contributed by atoms with Crippen molar-refractivity contribution in [3.63, 3.8) is 0 Å². The van der Waals surface area contributed by atoms with Gasteiger partial charge in [-0.05, 0) is 37.7 Å². The highest BCUT2D eigenvalue weighted by molar-refractivity contribution is 7.88. The Morgan fingerprint density at radius 3 is 2.39 bits per heavy atom. The van der Waals surface area contributed by atoms with Crippen molar-refractivity contribution in [2.75, 3.05) is 19.3 Å². The molecule has 3 N–H and O–H groups in total. The van der Waals surface area contributed by atoms with E-state index < -0.39 is 28.0 Å². The summed E-state index contributed by atoms with van der Waals surface area (Å²) in [6.07, 6.45) is 6.95. The fourth-order valence-corrected chi connectivity index (χ4v) is 7.10. The maximum atomic E-state index is 13.5. The predicted octanol–water partition coefficient (Wildman–Crippen LogP) is 1.63. The van der Waals surface area contributed by atoms with E-state index in [0.717, 1.165) is 31.2 Å². The molecule has 2 saturated heterocycles. The lowest BCUT2D eigenvalue weighted by Gasteiger charge is -2.34. The number of hydrogen-bond acceptors (Lipinski definition) is 5. The Hall–Kier alpha value is -1.97. The van der Waals surface area contributed by atoms with Crippen LogP contribution < -0.4 is 11.1 Å². The van der Waals surface area contributed by atoms with E-state index in [0.29, 0.717) is 13.0 Å². The first-order chi connectivity index (χ1) is 15.7. The highest BCUT2D eigenvalue weighted by Crippen LogP contribution is 2.38. The van der Waals surface area contributed by atoms with Gasteiger partial charge < -0.3 is 16.0 Å². The Balaban J connectivity index is 1.55. The first-order valence-corrected chi connectivity index (χ1v) is 13.9. The normalized spacial score (nSPS) is 28.3. The van der Waals surface area contributed by atoms with Gasteiger partial charge in [-0.25, -0.2) is 8.42 Å². The van der Waals surface area contributed by atoms with Gasteiger partial charge >= 0.3 is 0 Å². The highest BCUT2D eigenvalue weighted by atomic mass is 32.2. The number of nitrogens with two attached hydrogens (primary N) is 1. The number of carbonyl (C=O) groups is 2. The fourth-order valence-electron chi connectivity index (χ4n) is 5.94. The Morgan fingerprint density at radius 1 is 1.09 bits per heavy atom. The molecule has 33 heavy (non-hydrogen) atoms. The zero-order valence-corrected chi connectivity index (χ0v) is 20.3. The quantitative estimate of drug-likeness (QED) is 0.648. The van der Waals surface area contributed by atoms with Crippen LogP contribution in [0.25, 0.3) is 0 Å². The molecule has 4 rings (SSSR count). The Morgan fingerprint density at radius 2 is 1.76 bits per heavy atom. The van der Waals surface area contributed by atoms with E-state index in [1.165, 1.54) is 17.0 Å². The van der Waals surface area contributed by atoms with Gasteiger partial charge in [0.2, 0.25) is 21.8 Å². The number of rotatable bonds is 6. The lowest BCUT2D eigenvalue weighted by atomic mass is 9.83. The molecule has 1 aromatic carbocycles. The zero-order valence-electron chi connectivity index (χ0n) is 19.5. The predicted molar refractivity (Wildman–Crippen MR) is 126 cm³/mol. The molecule has 2 aliphatic heterocycles. The van der Waals surface area contributed by atoms with E-state index in [1.54, 1.807) is 4.90 Å². The Labute approximate surface area is 196 Å². The third kappa shape index (κ3) is 4.95. The van der Waals surface area contributed by atoms with Crippen LogP contribution in [0, 0.1) is 11.8 Å². The van der Waals surface area contributed by atoms with Crippen LogP contribution in [-0.2, 0) is 19.6 Å². The number of sulfonamides is 1. The van der Waals surface area contributed by atoms with Crippen molar-refractivity contribution in [1.29, 1.82) is 0 Å². The smallest absolute Gasteiger partial charge is 0.240 e. The average Bonchev–Trinajstić information content (AvgIpc) is 3.39. The van der Waals surface area contributed by atoms with Gasteiger partial charge in [0.15, 0.2) is 0 Å². The summed E-state index contributed by atoms with van der Waals surface area (Å²) in [5.41, 5.74) is 7.40. The number of hydrogen-bond donors (Lipinski definition) is 2. The topological polar surface area (TPSA) is 113 Å². The minimum Gasteiger partial charge on any atom is -0.349 e. The van der Waals surface area contributed by atoms with Gasteiger partial charge in [-0.2, -0.15) is 4.31 Å². The molecule has 2 amide bonds. The summed E-state index contributed by atoms with van der Waals surface area (Å²) in [6.45, 7) is 2.42. The van der Waals surface area contributed by atoms with Gasteiger partial charge in [-0.15, -0.1) is 0 Å². The van der Waals surface area contributed by atoms with Crippen molar-refractivity contribution in [2.45, 2.75) is 69.6 Å². The molecule has 0 radical (unpaired) electrons. The van der Waals surface area contributed by atoms with Crippen LogP contribution >= 0.6 is 0 Å². The molecule has 8 nitrogen and oxygen atoms in total. The maximum absolute atomic E-state index is 13.5. The molecule has 2 heterocycles. The number of likely N-dealkylation sites (tertiary alicyclic amines) is 1. The maximum Gasteiger partial charge on any atom is 0.240 e. The summed E-state index contributed by atoms with van der Waals surface area (Å²) < 4.78 is 26.4. The van der Waals surface area contributed by atoms with Crippen LogP contribution in [0.5, 0.6) is 0 Å². The van der Waals surface area contributed by atoms with Gasteiger partial charge in [-0.1, -0.05) is 49.6 Å². The van der Waals surface area contributed by atoms with Crippen LogP contribution in [0.1, 0.15) is 57.1 Å². The second kappa shape index (κ2) is 9.72. The van der Waals surface area contributed by atoms with E-state index in [4.69, 9.17) is 5.73 Å². The first-order valence-electron chi connectivity index (χ1n) is 12.1. The lowest BCUT2D eigenvalue weighted by molar-refractivity contribution is -0.137. The Bertz CT molecular complexity index is 964. The standard InChI is InChI=1S/C24H36N4O4S/c1-16(17-9-5-3-6-10-17)26-23(29)19-15-28(33(2,31)32)20-13-14-27(22(19)20)24(30)21(25)18-11-7-4-8-12-18/h3,5-6,9-10,16,18-22H,4,7-8,11-15,25H2,1-2H3,(H,26,29)/t16-,19+,20-,21+,22-/m1/s1. The molecular formula is C24H36N4O4S. The van der Waals surface area contributed by atoms with E-state index in [9.17, 15) is 18.0 Å². The molecule has 0 unspecified atom stereocenters. The summed E-state index contributed by atoms with van der Waals surface area (Å²) in [5, 5.41) is 3.05. The van der Waals surface area contributed by atoms with E-state index in [1.807, 2.05) is 37.3 Å². The van der Waals surface area contributed by atoms with Crippen molar-refractivity contribution in [2.24, 2.45) is 17.6 Å². The molecule has 9 heteroatoms. The van der Waals surface area contributed by atoms with E-state index in [-0.39, 0.29) is 36.4 Å². The third-order valence-electron chi connectivity index (χ3n) is 7.73. The number of fused-ring (bicyclic) bond motifs is 1. The van der Waals surface area contributed by atoms with Crippen LogP contribution in [-0.4, -0.2) is 66.9 Å². The lowest BCUT2D eigenvalue weighted by Crippen LogP contribution is -2.54. The Kier molecular flexibility index (Phi) is 7.12. The highest BCUT2D eigenvalue weighted by Gasteiger charge is 2.55. The summed E-state index contributed by atoms with van der Waals surface area (Å²) in [5.74, 6) is -0.832. The monoisotopic (exact) mass is 476 g/mol. The number of nitrogens with one attached hydrogen (secondary N) is 1. The third-order valence-corrected chi connectivity index (χ3v) is 9.00. The molecule has 182 valence electrons. The molecule has 1 saturated carbocycles. The molecule has 3 fully saturated rings. The van der Waals surface area contributed by atoms with Gasteiger partial charge in [0.25, 0.3) is 0 Å². The molecule has 5 atom stereocenters. The van der Waals surface area contributed by atoms with Crippen molar-refractivity contribution in [3.05, 3.63) is 35.9 Å². The van der Waals surface area contributed by atoms with Crippen molar-refractivity contribution < 1.29 is 18.0 Å². The van der Waals surface area contributed by atoms with Gasteiger partial charge in [0.1, 0.15) is 0 Å². The van der Waals surface area contributed by atoms with E-state index in [2.05, 4.69) is 5.32 Å². The summed E-state index contributed by atoms with van der Waals surface area (Å²) in [7, 11) is -3.51. The molecule has 0 aromatic heterocycles. The minimum absolute atomic E-state index is 0.0873. The molecular weight excluding hydrogens is 440 g/mol. The van der Waals surface area contributed by atoms with Crippen LogP contribution in [0.4, 0.5) is 0 Å². The zero-order chi connectivity index (χ0) is 23.8. The number of nitrogens with zero attached hydrogens (tertiary/aromatic N) is 2. The average molecular weight is 477 g/mol. The first kappa shape index (κ1) is 24.2. The van der Waals surface area contributed by atoms with E-state index >= 15 is 0 Å². The number of amides is 2. The molecule has 1 aliphatic carbocycles. The largest absolute Gasteiger partial charge is 0.349 e. The van der Waals surface area contributed by atoms with Crippen molar-refractivity contribution in [3.8, 4) is 0 Å². The number of benzene rings is 1. The van der Waals surface area contributed by atoms with Crippen molar-refractivity contribution >= 4 is 21.8 Å². The van der Waals surface area contributed by atoms with Gasteiger partial charge in [0.05, 0.1) is 30.3 Å². The second-order valence-corrected chi connectivity index (χ2v) is 11.8. The van der Waals surface area contributed by atoms with Crippen molar-refractivity contribution in [1.82, 2.24) is 14.5 Å². The summed E-state index contributed by atoms with van der Waals surface area (Å²) >= 11 is 0. The molecule has 1 aromatic rings. The minimum atomic E-state index is -3.51. The van der Waals surface area contributed by atoms with Gasteiger partial charge in [0, 0.05) is 19.1 Å². The second-order valence-electron chi connectivity index (χ2n) is 9.88. The number of carbonyl (C=O) groups excluding carboxylic acids is 2. The SMILES string of the molecule is C[C@@H](NC(=O)[C@H]1CN(S(C)(=O)=O)[C@@H]2CCN(C(=O)[C@@H](N)C3CCCCC3)[C@H]12)c1ccccc1. The van der Waals surface area contributed by atoms with Gasteiger partial charge in [-0.3, -0.25) is 9.59 Å². The van der Waals surface area contributed by atoms with Crippen LogP contribution in [0.2, 0.25) is 0 Å². The fraction of sp³-hybridized carbons (Fsp3) is 0.667. The summed E-state index contributed by atoms with van der Waals surface area (Å²) in [4.78, 5) is 28.6.